The van der Waals surface area contributed by atoms with Crippen molar-refractivity contribution in [2.75, 3.05) is 18.6 Å². The van der Waals surface area contributed by atoms with Crippen molar-refractivity contribution >= 4 is 34.4 Å². The molecule has 0 aliphatic heterocycles. The van der Waals surface area contributed by atoms with Gasteiger partial charge >= 0.3 is 0 Å². The first-order valence-corrected chi connectivity index (χ1v) is 13.4. The van der Waals surface area contributed by atoms with Gasteiger partial charge in [0.25, 0.3) is 0 Å². The molecule has 2 aromatic rings. The fourth-order valence-electron chi connectivity index (χ4n) is 3.42. The molecule has 4 amide bonds. The zero-order valence-electron chi connectivity index (χ0n) is 20.8. The number of nitrogens with one attached hydrogen (secondary N) is 3. The van der Waals surface area contributed by atoms with E-state index >= 15 is 0 Å². The van der Waals surface area contributed by atoms with Gasteiger partial charge in [0.2, 0.25) is 23.6 Å². The Bertz CT molecular complexity index is 1150. The van der Waals surface area contributed by atoms with Crippen LogP contribution in [-0.4, -0.2) is 69.6 Å². The third kappa shape index (κ3) is 10.6. The number of nitrogens with two attached hydrogens (primary N) is 2. The maximum atomic E-state index is 13.1. The molecule has 2 aromatic carbocycles. The van der Waals surface area contributed by atoms with Crippen molar-refractivity contribution < 1.29 is 32.9 Å². The van der Waals surface area contributed by atoms with Crippen LogP contribution in [0.4, 0.5) is 4.39 Å². The maximum Gasteiger partial charge on any atom is 0.243 e. The van der Waals surface area contributed by atoms with Crippen LogP contribution in [0.1, 0.15) is 17.5 Å². The molecule has 0 heterocycles. The van der Waals surface area contributed by atoms with Crippen LogP contribution in [0, 0.1) is 5.82 Å². The highest BCUT2D eigenvalue weighted by Crippen LogP contribution is 2.11. The van der Waals surface area contributed by atoms with E-state index in [2.05, 4.69) is 16.0 Å². The molecule has 0 saturated carbocycles. The topological polar surface area (TPSA) is 194 Å². The molecule has 0 bridgehead atoms. The Morgan fingerprint density at radius 3 is 2.08 bits per heavy atom. The lowest BCUT2D eigenvalue weighted by atomic mass is 10.0. The molecule has 38 heavy (non-hydrogen) atoms. The monoisotopic (exact) mass is 549 g/mol. The summed E-state index contributed by atoms with van der Waals surface area (Å²) in [6.45, 7) is -0.521. The number of carbonyl (C=O) groups excluding carboxylic acids is 4. The number of hydrogen-bond acceptors (Lipinski definition) is 7. The number of rotatable bonds is 14. The second-order valence-corrected chi connectivity index (χ2v) is 10.2. The van der Waals surface area contributed by atoms with Crippen LogP contribution in [-0.2, 0) is 42.8 Å². The number of carbonyl (C=O) groups is 4. The predicted molar refractivity (Wildman–Crippen MR) is 140 cm³/mol. The summed E-state index contributed by atoms with van der Waals surface area (Å²) in [5.41, 5.74) is 12.6. The molecular weight excluding hydrogens is 517 g/mol. The van der Waals surface area contributed by atoms with E-state index in [1.165, 1.54) is 42.7 Å². The number of halogens is 1. The van der Waals surface area contributed by atoms with Crippen LogP contribution < -0.4 is 27.4 Å². The van der Waals surface area contributed by atoms with Crippen LogP contribution in [0.5, 0.6) is 5.75 Å². The SMILES string of the molecule is C[S@@](=O)CC[C@@H](NC(=O)[C@H](N)Cc1ccc(O)cc1)C(=O)NCC(=O)N[C@H](Cc1ccc(F)cc1)C(N)=O. The average molecular weight is 550 g/mol. The summed E-state index contributed by atoms with van der Waals surface area (Å²) >= 11 is 0. The van der Waals surface area contributed by atoms with E-state index in [0.717, 1.165) is 0 Å². The number of hydrogen-bond donors (Lipinski definition) is 6. The van der Waals surface area contributed by atoms with Crippen molar-refractivity contribution in [2.24, 2.45) is 11.5 Å². The second kappa shape index (κ2) is 14.8. The molecule has 8 N–H and O–H groups in total. The van der Waals surface area contributed by atoms with Gasteiger partial charge in [0.1, 0.15) is 23.7 Å². The summed E-state index contributed by atoms with van der Waals surface area (Å²) in [6.07, 6.45) is 1.65. The third-order valence-corrected chi connectivity index (χ3v) is 6.32. The van der Waals surface area contributed by atoms with E-state index in [1.54, 1.807) is 12.1 Å². The van der Waals surface area contributed by atoms with Gasteiger partial charge in [-0.25, -0.2) is 4.39 Å². The number of primary amides is 1. The van der Waals surface area contributed by atoms with Gasteiger partial charge in [0.05, 0.1) is 12.6 Å². The predicted octanol–water partition coefficient (Wildman–Crippen LogP) is -1.02. The van der Waals surface area contributed by atoms with Gasteiger partial charge in [-0.15, -0.1) is 0 Å². The Hall–Kier alpha value is -3.84. The van der Waals surface area contributed by atoms with Gasteiger partial charge in [0, 0.05) is 29.2 Å². The lowest BCUT2D eigenvalue weighted by Crippen LogP contribution is -2.54. The van der Waals surface area contributed by atoms with E-state index in [1.807, 2.05) is 0 Å². The Balaban J connectivity index is 1.95. The molecule has 11 nitrogen and oxygen atoms in total. The molecule has 0 fully saturated rings. The Labute approximate surface area is 222 Å². The van der Waals surface area contributed by atoms with Gasteiger partial charge in [-0.2, -0.15) is 0 Å². The number of amides is 4. The summed E-state index contributed by atoms with van der Waals surface area (Å²) in [5, 5.41) is 16.7. The molecule has 0 unspecified atom stereocenters. The number of aromatic hydroxyl groups is 1. The average Bonchev–Trinajstić information content (AvgIpc) is 2.86. The van der Waals surface area contributed by atoms with Crippen LogP contribution in [0.15, 0.2) is 48.5 Å². The molecule has 206 valence electrons. The largest absolute Gasteiger partial charge is 0.508 e. The number of phenolic OH excluding ortho intramolecular Hbond substituents is 1. The minimum absolute atomic E-state index is 0.0230. The van der Waals surface area contributed by atoms with Gasteiger partial charge in [-0.1, -0.05) is 24.3 Å². The number of phenols is 1. The highest BCUT2D eigenvalue weighted by atomic mass is 32.2. The quantitative estimate of drug-likeness (QED) is 0.174. The molecule has 2 rings (SSSR count). The molecule has 0 aliphatic carbocycles. The maximum absolute atomic E-state index is 13.1. The van der Waals surface area contributed by atoms with Crippen molar-refractivity contribution in [3.05, 3.63) is 65.5 Å². The standard InChI is InChI=1S/C25H32FN5O6S/c1-38(37)11-10-20(31-24(35)19(27)12-15-4-8-18(32)9-5-15)25(36)29-14-22(33)30-21(23(28)34)13-16-2-6-17(26)7-3-16/h2-9,19-21,32H,10-14,27H2,1H3,(H2,28,34)(H,29,36)(H,30,33)(H,31,35)/t19-,20-,21-,38-/m1/s1. The van der Waals surface area contributed by atoms with Crippen LogP contribution in [0.25, 0.3) is 0 Å². The molecule has 0 saturated heterocycles. The van der Waals surface area contributed by atoms with E-state index in [0.29, 0.717) is 11.1 Å². The molecule has 13 heteroatoms. The first-order valence-electron chi connectivity index (χ1n) is 11.7. The van der Waals surface area contributed by atoms with Crippen molar-refractivity contribution in [3.8, 4) is 5.75 Å². The van der Waals surface area contributed by atoms with Crippen molar-refractivity contribution in [2.45, 2.75) is 37.4 Å². The molecule has 0 spiro atoms. The lowest BCUT2D eigenvalue weighted by molar-refractivity contribution is -0.131. The summed E-state index contributed by atoms with van der Waals surface area (Å²) in [5.74, 6) is -3.13. The van der Waals surface area contributed by atoms with E-state index in [9.17, 15) is 32.9 Å². The van der Waals surface area contributed by atoms with Crippen molar-refractivity contribution in [1.82, 2.24) is 16.0 Å². The van der Waals surface area contributed by atoms with Crippen LogP contribution in [0.2, 0.25) is 0 Å². The second-order valence-electron chi connectivity index (χ2n) is 8.68. The van der Waals surface area contributed by atoms with Gasteiger partial charge < -0.3 is 32.5 Å². The molecule has 0 aliphatic rings. The Morgan fingerprint density at radius 1 is 0.921 bits per heavy atom. The highest BCUT2D eigenvalue weighted by Gasteiger charge is 2.25. The van der Waals surface area contributed by atoms with E-state index in [4.69, 9.17) is 11.5 Å². The van der Waals surface area contributed by atoms with Gasteiger partial charge in [0.15, 0.2) is 0 Å². The van der Waals surface area contributed by atoms with Crippen molar-refractivity contribution in [3.63, 3.8) is 0 Å². The smallest absolute Gasteiger partial charge is 0.243 e. The zero-order chi connectivity index (χ0) is 28.2. The minimum atomic E-state index is -1.25. The summed E-state index contributed by atoms with van der Waals surface area (Å²) < 4.78 is 24.7. The van der Waals surface area contributed by atoms with E-state index < -0.39 is 64.9 Å². The summed E-state index contributed by atoms with van der Waals surface area (Å²) in [4.78, 5) is 49.6. The van der Waals surface area contributed by atoms with Gasteiger partial charge in [-0.3, -0.25) is 23.4 Å². The van der Waals surface area contributed by atoms with Crippen molar-refractivity contribution in [1.29, 1.82) is 0 Å². The van der Waals surface area contributed by atoms with E-state index in [-0.39, 0.29) is 30.8 Å². The van der Waals surface area contributed by atoms with Gasteiger partial charge in [-0.05, 0) is 48.2 Å². The summed E-state index contributed by atoms with van der Waals surface area (Å²) in [7, 11) is -1.25. The first-order chi connectivity index (χ1) is 17.9. The van der Waals surface area contributed by atoms with Crippen LogP contribution in [0.3, 0.4) is 0 Å². The molecule has 0 radical (unpaired) electrons. The highest BCUT2D eigenvalue weighted by molar-refractivity contribution is 7.84. The minimum Gasteiger partial charge on any atom is -0.508 e. The molecule has 4 atom stereocenters. The molecule has 0 aromatic heterocycles. The first kappa shape index (κ1) is 30.4. The fourth-order valence-corrected chi connectivity index (χ4v) is 3.99. The molecular formula is C25H32FN5O6S. The Morgan fingerprint density at radius 2 is 1.50 bits per heavy atom. The normalized spacial score (nSPS) is 14.0. The van der Waals surface area contributed by atoms with Crippen LogP contribution >= 0.6 is 0 Å². The fraction of sp³-hybridized carbons (Fsp3) is 0.360. The summed E-state index contributed by atoms with van der Waals surface area (Å²) in [6, 6.07) is 8.26. The Kier molecular flexibility index (Phi) is 11.8. The lowest BCUT2D eigenvalue weighted by Gasteiger charge is -2.21. The third-order valence-electron chi connectivity index (χ3n) is 5.51. The zero-order valence-corrected chi connectivity index (χ0v) is 21.6. The number of benzene rings is 2.